The van der Waals surface area contributed by atoms with Crippen LogP contribution in [0.4, 0.5) is 15.8 Å². The van der Waals surface area contributed by atoms with Crippen LogP contribution in [0.15, 0.2) is 47.4 Å². The molecule has 0 amide bonds. The summed E-state index contributed by atoms with van der Waals surface area (Å²) in [7, 11) is -1.76. The molecule has 0 bridgehead atoms. The van der Waals surface area contributed by atoms with E-state index in [1.807, 2.05) is 18.9 Å². The normalized spacial score (nSPS) is 16.0. The summed E-state index contributed by atoms with van der Waals surface area (Å²) in [5.74, 6) is -0.423. The third-order valence-corrected chi connectivity index (χ3v) is 5.76. The SMILES string of the molecule is Cc1ccc(S(=O)(=O)Nc2cccc(F)c2N2CCN(C)CC2)cc1. The van der Waals surface area contributed by atoms with E-state index in [-0.39, 0.29) is 10.6 Å². The van der Waals surface area contributed by atoms with Crippen LogP contribution in [-0.4, -0.2) is 46.5 Å². The van der Waals surface area contributed by atoms with E-state index in [2.05, 4.69) is 9.62 Å². The molecule has 7 heteroatoms. The predicted molar refractivity (Wildman–Crippen MR) is 98.1 cm³/mol. The topological polar surface area (TPSA) is 52.7 Å². The van der Waals surface area contributed by atoms with E-state index >= 15 is 0 Å². The molecule has 5 nitrogen and oxygen atoms in total. The molecular formula is C18H22FN3O2S. The Labute approximate surface area is 148 Å². The summed E-state index contributed by atoms with van der Waals surface area (Å²) in [6.07, 6.45) is 0. The fourth-order valence-corrected chi connectivity index (χ4v) is 3.94. The van der Waals surface area contributed by atoms with Gasteiger partial charge >= 0.3 is 0 Å². The molecule has 1 heterocycles. The number of hydrogen-bond acceptors (Lipinski definition) is 4. The summed E-state index contributed by atoms with van der Waals surface area (Å²) in [6, 6.07) is 11.0. The Balaban J connectivity index is 1.92. The van der Waals surface area contributed by atoms with E-state index in [0.717, 1.165) is 18.7 Å². The minimum Gasteiger partial charge on any atom is -0.365 e. The Hall–Kier alpha value is -2.12. The van der Waals surface area contributed by atoms with E-state index in [0.29, 0.717) is 18.8 Å². The van der Waals surface area contributed by atoms with Crippen molar-refractivity contribution >= 4 is 21.4 Å². The number of hydrogen-bond donors (Lipinski definition) is 1. The Morgan fingerprint density at radius 1 is 1.00 bits per heavy atom. The molecule has 0 aromatic heterocycles. The van der Waals surface area contributed by atoms with Crippen LogP contribution < -0.4 is 9.62 Å². The number of nitrogens with one attached hydrogen (secondary N) is 1. The van der Waals surface area contributed by atoms with E-state index in [4.69, 9.17) is 0 Å². The number of nitrogens with zero attached hydrogens (tertiary/aromatic N) is 2. The first-order valence-electron chi connectivity index (χ1n) is 8.18. The van der Waals surface area contributed by atoms with Gasteiger partial charge in [0.05, 0.1) is 16.3 Å². The van der Waals surface area contributed by atoms with Gasteiger partial charge in [-0.05, 0) is 38.2 Å². The molecule has 0 aliphatic carbocycles. The number of likely N-dealkylation sites (N-methyl/N-ethyl adjacent to an activating group) is 1. The molecule has 0 unspecified atom stereocenters. The molecule has 134 valence electrons. The van der Waals surface area contributed by atoms with Gasteiger partial charge in [0.2, 0.25) is 0 Å². The van der Waals surface area contributed by atoms with Crippen molar-refractivity contribution in [2.24, 2.45) is 0 Å². The average molecular weight is 363 g/mol. The number of halogens is 1. The highest BCUT2D eigenvalue weighted by Crippen LogP contribution is 2.31. The zero-order valence-electron chi connectivity index (χ0n) is 14.4. The second kappa shape index (κ2) is 7.01. The minimum atomic E-state index is -3.77. The second-order valence-electron chi connectivity index (χ2n) is 6.34. The Kier molecular flexibility index (Phi) is 4.96. The van der Waals surface area contributed by atoms with Crippen molar-refractivity contribution in [1.29, 1.82) is 0 Å². The minimum absolute atomic E-state index is 0.159. The largest absolute Gasteiger partial charge is 0.365 e. The fourth-order valence-electron chi connectivity index (χ4n) is 2.87. The maximum atomic E-state index is 14.5. The lowest BCUT2D eigenvalue weighted by atomic mass is 10.2. The average Bonchev–Trinajstić information content (AvgIpc) is 2.56. The zero-order chi connectivity index (χ0) is 18.0. The molecule has 1 fully saturated rings. The van der Waals surface area contributed by atoms with Crippen LogP contribution in [0.5, 0.6) is 0 Å². The molecule has 0 atom stereocenters. The lowest BCUT2D eigenvalue weighted by Crippen LogP contribution is -2.45. The standard InChI is InChI=1S/C18H22FN3O2S/c1-14-6-8-15(9-7-14)25(23,24)20-17-5-3-4-16(19)18(17)22-12-10-21(2)11-13-22/h3-9,20H,10-13H2,1-2H3. The van der Waals surface area contributed by atoms with E-state index in [9.17, 15) is 12.8 Å². The number of rotatable bonds is 4. The second-order valence-corrected chi connectivity index (χ2v) is 8.03. The van der Waals surface area contributed by atoms with Crippen molar-refractivity contribution in [1.82, 2.24) is 4.90 Å². The van der Waals surface area contributed by atoms with Crippen molar-refractivity contribution in [3.8, 4) is 0 Å². The summed E-state index contributed by atoms with van der Waals surface area (Å²) in [4.78, 5) is 4.21. The van der Waals surface area contributed by atoms with Crippen LogP contribution in [0, 0.1) is 12.7 Å². The van der Waals surface area contributed by atoms with Crippen LogP contribution >= 0.6 is 0 Å². The molecule has 1 N–H and O–H groups in total. The molecule has 1 aliphatic heterocycles. The molecule has 25 heavy (non-hydrogen) atoms. The molecule has 3 rings (SSSR count). The summed E-state index contributed by atoms with van der Waals surface area (Å²) in [6.45, 7) is 4.80. The van der Waals surface area contributed by atoms with Crippen molar-refractivity contribution < 1.29 is 12.8 Å². The van der Waals surface area contributed by atoms with Crippen LogP contribution in [0.1, 0.15) is 5.56 Å². The molecule has 1 saturated heterocycles. The number of aryl methyl sites for hydroxylation is 1. The number of piperazine rings is 1. The molecular weight excluding hydrogens is 341 g/mol. The third-order valence-electron chi connectivity index (χ3n) is 4.38. The highest BCUT2D eigenvalue weighted by Gasteiger charge is 2.23. The first-order valence-corrected chi connectivity index (χ1v) is 9.66. The van der Waals surface area contributed by atoms with Crippen molar-refractivity contribution in [3.63, 3.8) is 0 Å². The quantitative estimate of drug-likeness (QED) is 0.907. The monoisotopic (exact) mass is 363 g/mol. The molecule has 2 aromatic carbocycles. The highest BCUT2D eigenvalue weighted by molar-refractivity contribution is 7.92. The summed E-state index contributed by atoms with van der Waals surface area (Å²) in [5.41, 5.74) is 1.55. The van der Waals surface area contributed by atoms with Gasteiger partial charge in [-0.3, -0.25) is 4.72 Å². The van der Waals surface area contributed by atoms with Gasteiger partial charge in [-0.25, -0.2) is 12.8 Å². The summed E-state index contributed by atoms with van der Waals surface area (Å²) >= 11 is 0. The van der Waals surface area contributed by atoms with E-state index in [1.165, 1.54) is 12.1 Å². The lowest BCUT2D eigenvalue weighted by Gasteiger charge is -2.35. The number of anilines is 2. The maximum absolute atomic E-state index is 14.5. The first kappa shape index (κ1) is 17.7. The van der Waals surface area contributed by atoms with Gasteiger partial charge < -0.3 is 9.80 Å². The zero-order valence-corrected chi connectivity index (χ0v) is 15.2. The van der Waals surface area contributed by atoms with Gasteiger partial charge in [0, 0.05) is 26.2 Å². The van der Waals surface area contributed by atoms with Gasteiger partial charge in [-0.15, -0.1) is 0 Å². The van der Waals surface area contributed by atoms with Crippen molar-refractivity contribution in [2.45, 2.75) is 11.8 Å². The number of benzene rings is 2. The number of para-hydroxylation sites is 1. The Morgan fingerprint density at radius 3 is 2.28 bits per heavy atom. The van der Waals surface area contributed by atoms with Crippen LogP contribution in [0.3, 0.4) is 0 Å². The first-order chi connectivity index (χ1) is 11.9. The Morgan fingerprint density at radius 2 is 1.64 bits per heavy atom. The van der Waals surface area contributed by atoms with Gasteiger partial charge in [0.1, 0.15) is 5.82 Å². The molecule has 0 spiro atoms. The summed E-state index contributed by atoms with van der Waals surface area (Å²) in [5, 5.41) is 0. The summed E-state index contributed by atoms with van der Waals surface area (Å²) < 4.78 is 42.3. The third kappa shape index (κ3) is 3.93. The van der Waals surface area contributed by atoms with Crippen molar-refractivity contribution in [2.75, 3.05) is 42.8 Å². The smallest absolute Gasteiger partial charge is 0.261 e. The Bertz CT molecular complexity index is 845. The van der Waals surface area contributed by atoms with Gasteiger partial charge in [0.15, 0.2) is 0 Å². The van der Waals surface area contributed by atoms with Crippen molar-refractivity contribution in [3.05, 3.63) is 53.8 Å². The maximum Gasteiger partial charge on any atom is 0.261 e. The van der Waals surface area contributed by atoms with Gasteiger partial charge in [0.25, 0.3) is 10.0 Å². The lowest BCUT2D eigenvalue weighted by molar-refractivity contribution is 0.312. The van der Waals surface area contributed by atoms with E-state index in [1.54, 1.807) is 30.3 Å². The van der Waals surface area contributed by atoms with E-state index < -0.39 is 15.8 Å². The number of sulfonamides is 1. The van der Waals surface area contributed by atoms with Crippen LogP contribution in [0.25, 0.3) is 0 Å². The molecule has 0 radical (unpaired) electrons. The van der Waals surface area contributed by atoms with Gasteiger partial charge in [-0.1, -0.05) is 23.8 Å². The fraction of sp³-hybridized carbons (Fsp3) is 0.333. The van der Waals surface area contributed by atoms with Gasteiger partial charge in [-0.2, -0.15) is 0 Å². The molecule has 2 aromatic rings. The molecule has 1 aliphatic rings. The predicted octanol–water partition coefficient (Wildman–Crippen LogP) is 2.69. The van der Waals surface area contributed by atoms with Crippen LogP contribution in [-0.2, 0) is 10.0 Å². The van der Waals surface area contributed by atoms with Crippen LogP contribution in [0.2, 0.25) is 0 Å². The molecule has 0 saturated carbocycles. The highest BCUT2D eigenvalue weighted by atomic mass is 32.2.